The lowest BCUT2D eigenvalue weighted by molar-refractivity contribution is -0.121. The van der Waals surface area contributed by atoms with E-state index in [1.807, 2.05) is 6.92 Å². The molecule has 0 unspecified atom stereocenters. The lowest BCUT2D eigenvalue weighted by Gasteiger charge is -2.20. The Morgan fingerprint density at radius 3 is 2.23 bits per heavy atom. The second kappa shape index (κ2) is 9.72. The van der Waals surface area contributed by atoms with Crippen molar-refractivity contribution in [1.29, 1.82) is 0 Å². The smallest absolute Gasteiger partial charge is 0.321 e. The standard InChI is InChI=1S/C21H33N3O2/c1-14(2)13-17-9-11-18(12-10-17)15(3)22-16(4)20(25)24-21(26)23-19-7-5-6-8-19/h9-12,14-16,19,22H,5-8,13H2,1-4H3,(H2,23,24,25,26)/t15-,16+/m1/s1. The van der Waals surface area contributed by atoms with Gasteiger partial charge in [-0.2, -0.15) is 0 Å². The molecule has 26 heavy (non-hydrogen) atoms. The van der Waals surface area contributed by atoms with Crippen LogP contribution >= 0.6 is 0 Å². The molecule has 1 aromatic rings. The lowest BCUT2D eigenvalue weighted by Crippen LogP contribution is -2.50. The maximum atomic E-state index is 12.2. The highest BCUT2D eigenvalue weighted by Crippen LogP contribution is 2.18. The van der Waals surface area contributed by atoms with Gasteiger partial charge >= 0.3 is 6.03 Å². The second-order valence-corrected chi connectivity index (χ2v) is 7.89. The molecule has 0 radical (unpaired) electrons. The first kappa shape index (κ1) is 20.4. The first-order chi connectivity index (χ1) is 12.3. The molecule has 0 aromatic heterocycles. The molecule has 5 nitrogen and oxygen atoms in total. The minimum Gasteiger partial charge on any atom is -0.335 e. The Balaban J connectivity index is 1.80. The van der Waals surface area contributed by atoms with E-state index in [0.717, 1.165) is 37.7 Å². The van der Waals surface area contributed by atoms with E-state index in [1.54, 1.807) is 6.92 Å². The molecule has 3 N–H and O–H groups in total. The van der Waals surface area contributed by atoms with Crippen LogP contribution in [-0.4, -0.2) is 24.0 Å². The van der Waals surface area contributed by atoms with Gasteiger partial charge in [0.05, 0.1) is 6.04 Å². The van der Waals surface area contributed by atoms with Gasteiger partial charge in [0.1, 0.15) is 0 Å². The van der Waals surface area contributed by atoms with Gasteiger partial charge in [-0.3, -0.25) is 15.4 Å². The molecule has 144 valence electrons. The number of carbonyl (C=O) groups excluding carboxylic acids is 2. The predicted octanol–water partition coefficient (Wildman–Crippen LogP) is 3.69. The maximum Gasteiger partial charge on any atom is 0.321 e. The molecule has 5 heteroatoms. The summed E-state index contributed by atoms with van der Waals surface area (Å²) in [5.41, 5.74) is 2.46. The zero-order chi connectivity index (χ0) is 19.1. The molecule has 1 saturated carbocycles. The molecule has 1 aliphatic rings. The van der Waals surface area contributed by atoms with E-state index in [4.69, 9.17) is 0 Å². The highest BCUT2D eigenvalue weighted by molar-refractivity contribution is 5.96. The molecular weight excluding hydrogens is 326 g/mol. The van der Waals surface area contributed by atoms with Crippen molar-refractivity contribution in [2.45, 2.75) is 77.9 Å². The number of rotatable bonds is 7. The molecule has 0 saturated heterocycles. The molecule has 0 bridgehead atoms. The van der Waals surface area contributed by atoms with E-state index in [9.17, 15) is 9.59 Å². The summed E-state index contributed by atoms with van der Waals surface area (Å²) in [6, 6.07) is 7.90. The van der Waals surface area contributed by atoms with E-state index >= 15 is 0 Å². The van der Waals surface area contributed by atoms with E-state index in [0.29, 0.717) is 5.92 Å². The van der Waals surface area contributed by atoms with Crippen molar-refractivity contribution in [2.75, 3.05) is 0 Å². The SMILES string of the molecule is CC(C)Cc1ccc([C@@H](C)N[C@@H](C)C(=O)NC(=O)NC2CCCC2)cc1. The van der Waals surface area contributed by atoms with Crippen LogP contribution in [0.2, 0.25) is 0 Å². The zero-order valence-electron chi connectivity index (χ0n) is 16.5. The number of benzene rings is 1. The highest BCUT2D eigenvalue weighted by atomic mass is 16.2. The molecule has 1 fully saturated rings. The average Bonchev–Trinajstić information content (AvgIpc) is 3.07. The number of carbonyl (C=O) groups is 2. The maximum absolute atomic E-state index is 12.2. The Kier molecular flexibility index (Phi) is 7.64. The Morgan fingerprint density at radius 2 is 1.65 bits per heavy atom. The van der Waals surface area contributed by atoms with Crippen LogP contribution in [0, 0.1) is 5.92 Å². The third kappa shape index (κ3) is 6.45. The third-order valence-electron chi connectivity index (χ3n) is 4.94. The van der Waals surface area contributed by atoms with Gasteiger partial charge in [-0.1, -0.05) is 51.0 Å². The number of urea groups is 1. The summed E-state index contributed by atoms with van der Waals surface area (Å²) in [6.07, 6.45) is 5.35. The number of hydrogen-bond donors (Lipinski definition) is 3. The van der Waals surface area contributed by atoms with Gasteiger partial charge in [0.25, 0.3) is 0 Å². The Hall–Kier alpha value is -1.88. The third-order valence-corrected chi connectivity index (χ3v) is 4.94. The summed E-state index contributed by atoms with van der Waals surface area (Å²) in [5.74, 6) is 0.333. The van der Waals surface area contributed by atoms with Crippen LogP contribution in [0.15, 0.2) is 24.3 Å². The largest absolute Gasteiger partial charge is 0.335 e. The number of imide groups is 1. The molecule has 0 spiro atoms. The van der Waals surface area contributed by atoms with Gasteiger partial charge < -0.3 is 5.32 Å². The minimum absolute atomic E-state index is 0.0294. The van der Waals surface area contributed by atoms with Crippen molar-refractivity contribution in [3.63, 3.8) is 0 Å². The average molecular weight is 360 g/mol. The van der Waals surface area contributed by atoms with Gasteiger partial charge in [0, 0.05) is 12.1 Å². The van der Waals surface area contributed by atoms with E-state index in [-0.39, 0.29) is 24.0 Å². The fraction of sp³-hybridized carbons (Fsp3) is 0.619. The van der Waals surface area contributed by atoms with Gasteiger partial charge in [0.15, 0.2) is 0 Å². The molecular formula is C21H33N3O2. The van der Waals surface area contributed by atoms with Crippen LogP contribution < -0.4 is 16.0 Å². The van der Waals surface area contributed by atoms with Gasteiger partial charge in [-0.05, 0) is 50.2 Å². The number of nitrogens with one attached hydrogen (secondary N) is 3. The normalized spacial score (nSPS) is 17.1. The predicted molar refractivity (Wildman–Crippen MR) is 105 cm³/mol. The summed E-state index contributed by atoms with van der Waals surface area (Å²) in [7, 11) is 0. The van der Waals surface area contributed by atoms with Gasteiger partial charge in [0.2, 0.25) is 5.91 Å². The quantitative estimate of drug-likeness (QED) is 0.695. The zero-order valence-corrected chi connectivity index (χ0v) is 16.5. The molecule has 2 rings (SSSR count). The summed E-state index contributed by atoms with van der Waals surface area (Å²) in [4.78, 5) is 24.2. The Morgan fingerprint density at radius 1 is 1.04 bits per heavy atom. The summed E-state index contributed by atoms with van der Waals surface area (Å²) in [6.45, 7) is 8.23. The fourth-order valence-corrected chi connectivity index (χ4v) is 3.47. The summed E-state index contributed by atoms with van der Waals surface area (Å²) >= 11 is 0. The van der Waals surface area contributed by atoms with Crippen molar-refractivity contribution in [3.05, 3.63) is 35.4 Å². The van der Waals surface area contributed by atoms with Crippen LogP contribution in [0.25, 0.3) is 0 Å². The molecule has 0 aliphatic heterocycles. The minimum atomic E-state index is -0.449. The van der Waals surface area contributed by atoms with Crippen LogP contribution in [-0.2, 0) is 11.2 Å². The summed E-state index contributed by atoms with van der Waals surface area (Å²) in [5, 5.41) is 8.58. The number of amides is 3. The van der Waals surface area contributed by atoms with Crippen LogP contribution in [0.1, 0.15) is 70.5 Å². The van der Waals surface area contributed by atoms with E-state index < -0.39 is 6.04 Å². The second-order valence-electron chi connectivity index (χ2n) is 7.89. The van der Waals surface area contributed by atoms with Crippen LogP contribution in [0.4, 0.5) is 4.79 Å². The monoisotopic (exact) mass is 359 g/mol. The van der Waals surface area contributed by atoms with Crippen molar-refractivity contribution < 1.29 is 9.59 Å². The van der Waals surface area contributed by atoms with Crippen molar-refractivity contribution >= 4 is 11.9 Å². The van der Waals surface area contributed by atoms with Crippen molar-refractivity contribution in [2.24, 2.45) is 5.92 Å². The van der Waals surface area contributed by atoms with E-state index in [1.165, 1.54) is 5.56 Å². The van der Waals surface area contributed by atoms with Crippen LogP contribution in [0.3, 0.4) is 0 Å². The van der Waals surface area contributed by atoms with E-state index in [2.05, 4.69) is 54.1 Å². The Bertz CT molecular complexity index is 592. The molecule has 1 aliphatic carbocycles. The van der Waals surface area contributed by atoms with Crippen molar-refractivity contribution in [1.82, 2.24) is 16.0 Å². The molecule has 0 heterocycles. The Labute approximate surface area is 157 Å². The molecule has 2 atom stereocenters. The fourth-order valence-electron chi connectivity index (χ4n) is 3.47. The van der Waals surface area contributed by atoms with Gasteiger partial charge in [-0.25, -0.2) is 4.79 Å². The topological polar surface area (TPSA) is 70.2 Å². The number of hydrogen-bond acceptors (Lipinski definition) is 3. The van der Waals surface area contributed by atoms with Crippen molar-refractivity contribution in [3.8, 4) is 0 Å². The highest BCUT2D eigenvalue weighted by Gasteiger charge is 2.21. The summed E-state index contributed by atoms with van der Waals surface area (Å²) < 4.78 is 0. The van der Waals surface area contributed by atoms with Crippen LogP contribution in [0.5, 0.6) is 0 Å². The first-order valence-electron chi connectivity index (χ1n) is 9.81. The molecule has 3 amide bonds. The molecule has 1 aromatic carbocycles. The first-order valence-corrected chi connectivity index (χ1v) is 9.81. The lowest BCUT2D eigenvalue weighted by atomic mass is 9.99. The van der Waals surface area contributed by atoms with Gasteiger partial charge in [-0.15, -0.1) is 0 Å².